The van der Waals surface area contributed by atoms with Gasteiger partial charge in [-0.2, -0.15) is 0 Å². The summed E-state index contributed by atoms with van der Waals surface area (Å²) in [5.41, 5.74) is 7.86. The highest BCUT2D eigenvalue weighted by molar-refractivity contribution is 8.25. The lowest BCUT2D eigenvalue weighted by Gasteiger charge is -2.37. The van der Waals surface area contributed by atoms with Gasteiger partial charge in [0.2, 0.25) is 0 Å². The number of nitrogens with two attached hydrogens (primary N) is 1. The van der Waals surface area contributed by atoms with Crippen molar-refractivity contribution in [2.75, 3.05) is 6.61 Å². The van der Waals surface area contributed by atoms with Crippen LogP contribution in [0.3, 0.4) is 0 Å². The van der Waals surface area contributed by atoms with Gasteiger partial charge in [0.15, 0.2) is 8.32 Å². The standard InChI is InChI=1S/C26H34NOPSSi/c1-26(2,3)31(4,5)28-20-24(27)23-18-12-13-19-25(23)29(30,21-14-8-6-9-15-21)22-16-10-7-11-17-22/h6-19,24H,20,27H2,1-5H3/t24-/m0/s1. The molecule has 2 nitrogen and oxygen atoms in total. The van der Waals surface area contributed by atoms with E-state index in [1.165, 1.54) is 10.6 Å². The molecule has 0 bridgehead atoms. The monoisotopic (exact) mass is 467 g/mol. The molecular weight excluding hydrogens is 433 g/mol. The first-order valence-corrected chi connectivity index (χ1v) is 16.5. The van der Waals surface area contributed by atoms with Crippen LogP contribution in [-0.4, -0.2) is 14.9 Å². The maximum atomic E-state index is 6.77. The zero-order valence-electron chi connectivity index (χ0n) is 19.2. The van der Waals surface area contributed by atoms with Crippen LogP contribution < -0.4 is 21.6 Å². The lowest BCUT2D eigenvalue weighted by atomic mass is 10.1. The number of hydrogen-bond donors (Lipinski definition) is 1. The fraction of sp³-hybridized carbons (Fsp3) is 0.308. The van der Waals surface area contributed by atoms with Crippen LogP contribution in [0.4, 0.5) is 0 Å². The minimum absolute atomic E-state index is 0.148. The number of rotatable bonds is 7. The fourth-order valence-electron chi connectivity index (χ4n) is 3.40. The Labute approximate surface area is 194 Å². The molecule has 3 rings (SSSR count). The summed E-state index contributed by atoms with van der Waals surface area (Å²) in [6.45, 7) is 11.8. The van der Waals surface area contributed by atoms with Gasteiger partial charge >= 0.3 is 0 Å². The quantitative estimate of drug-likeness (QED) is 0.370. The minimum atomic E-state index is -2.26. The van der Waals surface area contributed by atoms with Gasteiger partial charge in [0.1, 0.15) is 0 Å². The van der Waals surface area contributed by atoms with Gasteiger partial charge < -0.3 is 10.2 Å². The van der Waals surface area contributed by atoms with Crippen molar-refractivity contribution in [3.63, 3.8) is 0 Å². The molecule has 0 radical (unpaired) electrons. The Hall–Kier alpha value is -1.55. The first-order valence-electron chi connectivity index (χ1n) is 10.8. The Kier molecular flexibility index (Phi) is 7.40. The normalized spacial score (nSPS) is 13.7. The molecule has 0 aliphatic rings. The third kappa shape index (κ3) is 5.10. The van der Waals surface area contributed by atoms with E-state index in [1.54, 1.807) is 0 Å². The zero-order chi connectivity index (χ0) is 22.7. The minimum Gasteiger partial charge on any atom is -0.415 e. The highest BCUT2D eigenvalue weighted by Gasteiger charge is 2.38. The number of benzene rings is 3. The van der Waals surface area contributed by atoms with Crippen LogP contribution in [0, 0.1) is 0 Å². The Morgan fingerprint density at radius 1 is 0.839 bits per heavy atom. The molecule has 0 aliphatic carbocycles. The largest absolute Gasteiger partial charge is 0.415 e. The van der Waals surface area contributed by atoms with Crippen molar-refractivity contribution in [1.82, 2.24) is 0 Å². The van der Waals surface area contributed by atoms with E-state index in [-0.39, 0.29) is 11.1 Å². The highest BCUT2D eigenvalue weighted by Crippen LogP contribution is 2.44. The van der Waals surface area contributed by atoms with E-state index in [0.29, 0.717) is 6.61 Å². The average Bonchev–Trinajstić information content (AvgIpc) is 2.77. The van der Waals surface area contributed by atoms with Crippen LogP contribution in [-0.2, 0) is 16.2 Å². The van der Waals surface area contributed by atoms with E-state index in [9.17, 15) is 0 Å². The highest BCUT2D eigenvalue weighted by atomic mass is 32.4. The molecule has 31 heavy (non-hydrogen) atoms. The van der Waals surface area contributed by atoms with Crippen LogP contribution in [0.25, 0.3) is 0 Å². The Morgan fingerprint density at radius 2 is 1.29 bits per heavy atom. The fourth-order valence-corrected chi connectivity index (χ4v) is 8.59. The Morgan fingerprint density at radius 3 is 1.77 bits per heavy atom. The summed E-state index contributed by atoms with van der Waals surface area (Å²) in [5.74, 6) is 0. The molecule has 1 atom stereocenters. The third-order valence-electron chi connectivity index (χ3n) is 6.35. The van der Waals surface area contributed by atoms with Gasteiger partial charge in [0.25, 0.3) is 0 Å². The zero-order valence-corrected chi connectivity index (χ0v) is 21.9. The lowest BCUT2D eigenvalue weighted by molar-refractivity contribution is 0.265. The lowest BCUT2D eigenvalue weighted by Crippen LogP contribution is -2.43. The summed E-state index contributed by atoms with van der Waals surface area (Å²) >= 11 is 6.55. The molecule has 0 saturated heterocycles. The molecule has 2 N–H and O–H groups in total. The van der Waals surface area contributed by atoms with Gasteiger partial charge in [-0.25, -0.2) is 0 Å². The predicted molar refractivity (Wildman–Crippen MR) is 143 cm³/mol. The molecule has 0 heterocycles. The molecule has 0 fully saturated rings. The molecule has 5 heteroatoms. The average molecular weight is 468 g/mol. The second-order valence-electron chi connectivity index (χ2n) is 9.52. The van der Waals surface area contributed by atoms with Gasteiger partial charge in [-0.15, -0.1) is 0 Å². The van der Waals surface area contributed by atoms with Crippen molar-refractivity contribution in [1.29, 1.82) is 0 Å². The maximum absolute atomic E-state index is 6.77. The molecule has 3 aromatic rings. The van der Waals surface area contributed by atoms with Gasteiger partial charge in [0, 0.05) is 6.04 Å². The van der Waals surface area contributed by atoms with Crippen LogP contribution in [0.2, 0.25) is 18.1 Å². The van der Waals surface area contributed by atoms with Gasteiger partial charge in [-0.3, -0.25) is 0 Å². The second-order valence-corrected chi connectivity index (χ2v) is 18.7. The molecule has 0 saturated carbocycles. The van der Waals surface area contributed by atoms with E-state index >= 15 is 0 Å². The van der Waals surface area contributed by atoms with Crippen molar-refractivity contribution in [2.45, 2.75) is 44.9 Å². The summed E-state index contributed by atoms with van der Waals surface area (Å²) in [6, 6.07) is 26.9. The van der Waals surface area contributed by atoms with E-state index in [1.807, 2.05) is 12.1 Å². The van der Waals surface area contributed by atoms with Crippen LogP contribution in [0.1, 0.15) is 32.4 Å². The summed E-state index contributed by atoms with van der Waals surface area (Å²) in [7, 11) is -1.89. The summed E-state index contributed by atoms with van der Waals surface area (Å²) < 4.78 is 6.48. The second kappa shape index (κ2) is 9.52. The Bertz CT molecular complexity index is 1000. The SMILES string of the molecule is CC(C)(C)[Si](C)(C)OC[C@H](N)c1ccccc1P(=S)(c1ccccc1)c1ccccc1. The Balaban J connectivity index is 2.07. The predicted octanol–water partition coefficient (Wildman–Crippen LogP) is 5.46. The summed E-state index contributed by atoms with van der Waals surface area (Å²) in [4.78, 5) is 0. The van der Waals surface area contributed by atoms with Gasteiger partial charge in [0.05, 0.1) is 12.6 Å². The maximum Gasteiger partial charge on any atom is 0.192 e. The molecule has 0 aromatic heterocycles. The molecular formula is C26H34NOPSSi. The third-order valence-corrected chi connectivity index (χ3v) is 15.8. The first kappa shape index (κ1) is 24.1. The molecule has 0 spiro atoms. The van der Waals surface area contributed by atoms with Crippen LogP contribution in [0.15, 0.2) is 84.9 Å². The van der Waals surface area contributed by atoms with Gasteiger partial charge in [-0.05, 0) is 39.6 Å². The van der Waals surface area contributed by atoms with E-state index < -0.39 is 14.4 Å². The van der Waals surface area contributed by atoms with Crippen molar-refractivity contribution in [2.24, 2.45) is 5.73 Å². The van der Waals surface area contributed by atoms with Gasteiger partial charge in [-0.1, -0.05) is 118 Å². The van der Waals surface area contributed by atoms with Crippen molar-refractivity contribution in [3.8, 4) is 0 Å². The van der Waals surface area contributed by atoms with Crippen molar-refractivity contribution < 1.29 is 4.43 Å². The molecule has 164 valence electrons. The van der Waals surface area contributed by atoms with Crippen molar-refractivity contribution >= 4 is 42.1 Å². The van der Waals surface area contributed by atoms with Crippen LogP contribution >= 0.6 is 6.04 Å². The molecule has 0 unspecified atom stereocenters. The van der Waals surface area contributed by atoms with E-state index in [0.717, 1.165) is 10.9 Å². The molecule has 0 amide bonds. The van der Waals surface area contributed by atoms with E-state index in [4.69, 9.17) is 22.0 Å². The number of hydrogen-bond acceptors (Lipinski definition) is 3. The molecule has 0 aliphatic heterocycles. The van der Waals surface area contributed by atoms with E-state index in [2.05, 4.69) is 107 Å². The topological polar surface area (TPSA) is 35.2 Å². The van der Waals surface area contributed by atoms with Crippen LogP contribution in [0.5, 0.6) is 0 Å². The van der Waals surface area contributed by atoms with Crippen molar-refractivity contribution in [3.05, 3.63) is 90.5 Å². The smallest absolute Gasteiger partial charge is 0.192 e. The summed E-state index contributed by atoms with van der Waals surface area (Å²) in [5, 5.41) is 3.67. The first-order chi connectivity index (χ1) is 14.6. The summed E-state index contributed by atoms with van der Waals surface area (Å²) in [6.07, 6.45) is 0. The molecule has 3 aromatic carbocycles.